The lowest BCUT2D eigenvalue weighted by Gasteiger charge is -2.06. The van der Waals surface area contributed by atoms with Crippen molar-refractivity contribution in [1.29, 1.82) is 0 Å². The highest BCUT2D eigenvalue weighted by Gasteiger charge is 2.09. The third-order valence-electron chi connectivity index (χ3n) is 2.10. The largest absolute Gasteiger partial charge is 0.328 e. The zero-order valence-electron chi connectivity index (χ0n) is 7.91. The second-order valence-corrected chi connectivity index (χ2v) is 3.43. The molecule has 0 bridgehead atoms. The normalized spacial score (nSPS) is 11.4. The van der Waals surface area contributed by atoms with Gasteiger partial charge in [0.15, 0.2) is 11.5 Å². The average molecular weight is 195 g/mol. The number of pyridine rings is 1. The van der Waals surface area contributed by atoms with Crippen LogP contribution in [0.2, 0.25) is 0 Å². The monoisotopic (exact) mass is 195 g/mol. The summed E-state index contributed by atoms with van der Waals surface area (Å²) < 4.78 is 14.7. The topological polar surface area (TPSA) is 50.7 Å². The highest BCUT2D eigenvalue weighted by molar-refractivity contribution is 5.73. The van der Waals surface area contributed by atoms with Crippen LogP contribution >= 0.6 is 0 Å². The summed E-state index contributed by atoms with van der Waals surface area (Å²) in [5.41, 5.74) is 0.320. The van der Waals surface area contributed by atoms with Crippen molar-refractivity contribution in [2.24, 2.45) is 0 Å². The molecular formula is C9H10FN3O. The number of imidazole rings is 1. The molecule has 0 aliphatic carbocycles. The molecule has 74 valence electrons. The molecule has 1 N–H and O–H groups in total. The van der Waals surface area contributed by atoms with Crippen molar-refractivity contribution in [2.75, 3.05) is 0 Å². The first-order chi connectivity index (χ1) is 6.59. The molecule has 0 saturated heterocycles. The molecule has 14 heavy (non-hydrogen) atoms. The van der Waals surface area contributed by atoms with Gasteiger partial charge in [0.25, 0.3) is 5.56 Å². The number of hydrogen-bond acceptors (Lipinski definition) is 2. The molecule has 0 aliphatic rings. The van der Waals surface area contributed by atoms with E-state index in [1.807, 2.05) is 13.8 Å². The van der Waals surface area contributed by atoms with E-state index in [4.69, 9.17) is 0 Å². The highest BCUT2D eigenvalue weighted by atomic mass is 19.1. The Morgan fingerprint density at radius 1 is 1.57 bits per heavy atom. The smallest absolute Gasteiger partial charge is 0.278 e. The molecular weight excluding hydrogens is 185 g/mol. The minimum Gasteiger partial charge on any atom is -0.328 e. The summed E-state index contributed by atoms with van der Waals surface area (Å²) in [4.78, 5) is 17.3. The number of aromatic amines is 1. The van der Waals surface area contributed by atoms with Crippen molar-refractivity contribution in [1.82, 2.24) is 14.5 Å². The minimum absolute atomic E-state index is 0.154. The number of nitrogens with one attached hydrogen (secondary N) is 1. The Balaban J connectivity index is 2.85. The van der Waals surface area contributed by atoms with Crippen LogP contribution < -0.4 is 5.56 Å². The Hall–Kier alpha value is -1.65. The van der Waals surface area contributed by atoms with Gasteiger partial charge >= 0.3 is 0 Å². The number of aromatic nitrogens is 3. The van der Waals surface area contributed by atoms with Gasteiger partial charge in [-0.15, -0.1) is 0 Å². The van der Waals surface area contributed by atoms with Crippen LogP contribution in [0.4, 0.5) is 4.39 Å². The standard InChI is InChI=1S/C9H10FN3O/c1-5(2)13-4-11-8-6(13)3-7(10)12-9(8)14/h3-5H,1-2H3,(H,12,14). The number of H-pyrrole nitrogens is 1. The van der Waals surface area contributed by atoms with Crippen LogP contribution in [-0.4, -0.2) is 14.5 Å². The molecule has 0 saturated carbocycles. The van der Waals surface area contributed by atoms with Crippen LogP contribution in [-0.2, 0) is 0 Å². The van der Waals surface area contributed by atoms with Gasteiger partial charge in [-0.3, -0.25) is 9.78 Å². The molecule has 0 spiro atoms. The Morgan fingerprint density at radius 2 is 2.29 bits per heavy atom. The fourth-order valence-corrected chi connectivity index (χ4v) is 1.42. The lowest BCUT2D eigenvalue weighted by atomic mass is 10.3. The van der Waals surface area contributed by atoms with E-state index in [2.05, 4.69) is 9.97 Å². The maximum absolute atomic E-state index is 12.9. The van der Waals surface area contributed by atoms with Crippen molar-refractivity contribution < 1.29 is 4.39 Å². The van der Waals surface area contributed by atoms with Crippen LogP contribution in [0, 0.1) is 5.95 Å². The van der Waals surface area contributed by atoms with Gasteiger partial charge in [-0.05, 0) is 13.8 Å². The van der Waals surface area contributed by atoms with Crippen LogP contribution in [0.5, 0.6) is 0 Å². The summed E-state index contributed by atoms with van der Waals surface area (Å²) in [5, 5.41) is 0. The van der Waals surface area contributed by atoms with E-state index in [0.29, 0.717) is 5.52 Å². The lowest BCUT2D eigenvalue weighted by Crippen LogP contribution is -2.09. The van der Waals surface area contributed by atoms with E-state index in [0.717, 1.165) is 0 Å². The fraction of sp³-hybridized carbons (Fsp3) is 0.333. The molecule has 2 rings (SSSR count). The second kappa shape index (κ2) is 2.94. The average Bonchev–Trinajstić information content (AvgIpc) is 2.47. The quantitative estimate of drug-likeness (QED) is 0.700. The van der Waals surface area contributed by atoms with E-state index in [1.165, 1.54) is 6.07 Å². The first-order valence-electron chi connectivity index (χ1n) is 4.35. The van der Waals surface area contributed by atoms with Gasteiger partial charge in [0, 0.05) is 12.1 Å². The Labute approximate surface area is 79.4 Å². The number of nitrogens with zero attached hydrogens (tertiary/aromatic N) is 2. The van der Waals surface area contributed by atoms with Gasteiger partial charge in [0.05, 0.1) is 11.8 Å². The molecule has 2 heterocycles. The van der Waals surface area contributed by atoms with E-state index >= 15 is 0 Å². The molecule has 0 aromatic carbocycles. The molecule has 2 aromatic rings. The highest BCUT2D eigenvalue weighted by Crippen LogP contribution is 2.14. The van der Waals surface area contributed by atoms with Crippen molar-refractivity contribution in [3.63, 3.8) is 0 Å². The van der Waals surface area contributed by atoms with Gasteiger partial charge in [0.1, 0.15) is 0 Å². The van der Waals surface area contributed by atoms with Gasteiger partial charge < -0.3 is 4.57 Å². The zero-order chi connectivity index (χ0) is 10.3. The molecule has 0 unspecified atom stereocenters. The summed E-state index contributed by atoms with van der Waals surface area (Å²) in [6.07, 6.45) is 1.55. The van der Waals surface area contributed by atoms with Gasteiger partial charge in [-0.2, -0.15) is 4.39 Å². The van der Waals surface area contributed by atoms with Crippen LogP contribution in [0.3, 0.4) is 0 Å². The van der Waals surface area contributed by atoms with Crippen LogP contribution in [0.25, 0.3) is 11.0 Å². The third kappa shape index (κ3) is 1.21. The Morgan fingerprint density at radius 3 is 2.93 bits per heavy atom. The predicted octanol–water partition coefficient (Wildman–Crippen LogP) is 1.44. The van der Waals surface area contributed by atoms with E-state index in [9.17, 15) is 9.18 Å². The number of rotatable bonds is 1. The maximum atomic E-state index is 12.9. The Bertz CT molecular complexity index is 526. The number of halogens is 1. The zero-order valence-corrected chi connectivity index (χ0v) is 7.91. The molecule has 2 aromatic heterocycles. The van der Waals surface area contributed by atoms with Gasteiger partial charge in [0.2, 0.25) is 0 Å². The van der Waals surface area contributed by atoms with E-state index < -0.39 is 11.5 Å². The van der Waals surface area contributed by atoms with Crippen molar-refractivity contribution >= 4 is 11.0 Å². The van der Waals surface area contributed by atoms with E-state index in [-0.39, 0.29) is 11.6 Å². The number of fused-ring (bicyclic) bond motifs is 1. The number of hydrogen-bond donors (Lipinski definition) is 1. The predicted molar refractivity (Wildman–Crippen MR) is 50.7 cm³/mol. The molecule has 0 aliphatic heterocycles. The van der Waals surface area contributed by atoms with Gasteiger partial charge in [-0.1, -0.05) is 0 Å². The summed E-state index contributed by atoms with van der Waals surface area (Å²) in [6.45, 7) is 3.89. The van der Waals surface area contributed by atoms with Gasteiger partial charge in [-0.25, -0.2) is 4.98 Å². The molecule has 5 heteroatoms. The molecule has 0 fully saturated rings. The fourth-order valence-electron chi connectivity index (χ4n) is 1.42. The Kier molecular flexibility index (Phi) is 1.87. The SMILES string of the molecule is CC(C)n1cnc2c(=O)[nH]c(F)cc21. The molecule has 4 nitrogen and oxygen atoms in total. The summed E-state index contributed by atoms with van der Waals surface area (Å²) in [6, 6.07) is 1.44. The molecule has 0 atom stereocenters. The van der Waals surface area contributed by atoms with Crippen LogP contribution in [0.15, 0.2) is 17.2 Å². The van der Waals surface area contributed by atoms with Crippen LogP contribution in [0.1, 0.15) is 19.9 Å². The summed E-state index contributed by atoms with van der Waals surface area (Å²) in [5.74, 6) is -0.634. The maximum Gasteiger partial charge on any atom is 0.278 e. The van der Waals surface area contributed by atoms with Crippen molar-refractivity contribution in [3.05, 3.63) is 28.7 Å². The summed E-state index contributed by atoms with van der Waals surface area (Å²) in [7, 11) is 0. The van der Waals surface area contributed by atoms with Crippen molar-refractivity contribution in [3.8, 4) is 0 Å². The molecule has 0 amide bonds. The second-order valence-electron chi connectivity index (χ2n) is 3.43. The first kappa shape index (κ1) is 8.93. The lowest BCUT2D eigenvalue weighted by molar-refractivity contribution is 0.577. The van der Waals surface area contributed by atoms with E-state index in [1.54, 1.807) is 10.9 Å². The summed E-state index contributed by atoms with van der Waals surface area (Å²) >= 11 is 0. The first-order valence-corrected chi connectivity index (χ1v) is 4.35. The minimum atomic E-state index is -0.634. The third-order valence-corrected chi connectivity index (χ3v) is 2.10. The van der Waals surface area contributed by atoms with Crippen molar-refractivity contribution in [2.45, 2.75) is 19.9 Å². The molecule has 0 radical (unpaired) electrons.